The standard InChI is InChI=1S/C20H20N8O/c1-14(28-10-3-8-24-28)20(29)26-17-6-4-16(5-7-17)25-18-12-19(23-13-22-18)27-11-9-21-15(27)2/h3-14H,1-2H3,(H,26,29)(H,22,23,25)/t14-/m0/s1. The highest BCUT2D eigenvalue weighted by Gasteiger charge is 2.15. The first-order valence-electron chi connectivity index (χ1n) is 9.09. The molecule has 4 aromatic rings. The number of carbonyl (C=O) groups is 1. The molecule has 0 fully saturated rings. The van der Waals surface area contributed by atoms with E-state index >= 15 is 0 Å². The van der Waals surface area contributed by atoms with E-state index in [2.05, 4.69) is 30.7 Å². The van der Waals surface area contributed by atoms with E-state index in [4.69, 9.17) is 0 Å². The van der Waals surface area contributed by atoms with Gasteiger partial charge in [0, 0.05) is 42.2 Å². The number of aromatic nitrogens is 6. The van der Waals surface area contributed by atoms with Crippen LogP contribution in [-0.4, -0.2) is 35.2 Å². The van der Waals surface area contributed by atoms with Crippen molar-refractivity contribution in [3.63, 3.8) is 0 Å². The first kappa shape index (κ1) is 18.4. The number of carbonyl (C=O) groups excluding carboxylic acids is 1. The highest BCUT2D eigenvalue weighted by atomic mass is 16.2. The summed E-state index contributed by atoms with van der Waals surface area (Å²) in [4.78, 5) is 25.1. The summed E-state index contributed by atoms with van der Waals surface area (Å²) in [6.45, 7) is 3.71. The first-order valence-corrected chi connectivity index (χ1v) is 9.09. The molecule has 3 aromatic heterocycles. The lowest BCUT2D eigenvalue weighted by atomic mass is 10.2. The van der Waals surface area contributed by atoms with Crippen LogP contribution in [0.3, 0.4) is 0 Å². The average Bonchev–Trinajstić information content (AvgIpc) is 3.41. The lowest BCUT2D eigenvalue weighted by molar-refractivity contribution is -0.119. The first-order chi connectivity index (χ1) is 14.1. The number of benzene rings is 1. The van der Waals surface area contributed by atoms with Crippen molar-refractivity contribution in [1.82, 2.24) is 29.3 Å². The van der Waals surface area contributed by atoms with Crippen LogP contribution in [0.25, 0.3) is 5.82 Å². The number of aryl methyl sites for hydroxylation is 1. The van der Waals surface area contributed by atoms with Gasteiger partial charge in [0.2, 0.25) is 5.91 Å². The lowest BCUT2D eigenvalue weighted by Crippen LogP contribution is -2.23. The molecule has 9 nitrogen and oxygen atoms in total. The van der Waals surface area contributed by atoms with E-state index < -0.39 is 6.04 Å². The highest BCUT2D eigenvalue weighted by Crippen LogP contribution is 2.20. The van der Waals surface area contributed by atoms with Gasteiger partial charge in [-0.15, -0.1) is 0 Å². The largest absolute Gasteiger partial charge is 0.340 e. The van der Waals surface area contributed by atoms with Crippen LogP contribution >= 0.6 is 0 Å². The minimum Gasteiger partial charge on any atom is -0.340 e. The van der Waals surface area contributed by atoms with E-state index in [0.717, 1.165) is 17.3 Å². The Morgan fingerprint density at radius 2 is 1.83 bits per heavy atom. The van der Waals surface area contributed by atoms with Gasteiger partial charge in [-0.25, -0.2) is 15.0 Å². The Hall–Kier alpha value is -4.01. The maximum atomic E-state index is 12.4. The van der Waals surface area contributed by atoms with E-state index in [1.54, 1.807) is 36.3 Å². The van der Waals surface area contributed by atoms with Gasteiger partial charge in [-0.05, 0) is 44.2 Å². The molecule has 2 N–H and O–H groups in total. The number of imidazole rings is 1. The van der Waals surface area contributed by atoms with Crippen molar-refractivity contribution in [3.8, 4) is 5.82 Å². The summed E-state index contributed by atoms with van der Waals surface area (Å²) >= 11 is 0. The summed E-state index contributed by atoms with van der Waals surface area (Å²) in [6, 6.07) is 10.6. The molecule has 0 aliphatic rings. The molecule has 0 bridgehead atoms. The molecule has 146 valence electrons. The minimum atomic E-state index is -0.395. The third-order valence-electron chi connectivity index (χ3n) is 4.45. The Morgan fingerprint density at radius 3 is 2.52 bits per heavy atom. The van der Waals surface area contributed by atoms with Crippen molar-refractivity contribution in [2.24, 2.45) is 0 Å². The third kappa shape index (κ3) is 4.13. The van der Waals surface area contributed by atoms with Gasteiger partial charge in [0.25, 0.3) is 0 Å². The molecule has 1 aromatic carbocycles. The van der Waals surface area contributed by atoms with Crippen molar-refractivity contribution in [2.45, 2.75) is 19.9 Å². The van der Waals surface area contributed by atoms with Crippen molar-refractivity contribution >= 4 is 23.1 Å². The molecule has 1 atom stereocenters. The molecule has 3 heterocycles. The zero-order valence-corrected chi connectivity index (χ0v) is 16.0. The van der Waals surface area contributed by atoms with Crippen LogP contribution in [0.2, 0.25) is 0 Å². The van der Waals surface area contributed by atoms with Crippen LogP contribution in [-0.2, 0) is 4.79 Å². The summed E-state index contributed by atoms with van der Waals surface area (Å²) in [5.74, 6) is 2.10. The molecular formula is C20H20N8O. The van der Waals surface area contributed by atoms with Gasteiger partial charge in [-0.3, -0.25) is 14.0 Å². The van der Waals surface area contributed by atoms with Gasteiger partial charge in [-0.1, -0.05) is 0 Å². The topological polar surface area (TPSA) is 103 Å². The van der Waals surface area contributed by atoms with Crippen LogP contribution in [0.15, 0.2) is 67.5 Å². The molecule has 0 saturated carbocycles. The Labute approximate surface area is 167 Å². The van der Waals surface area contributed by atoms with Crippen LogP contribution in [0.5, 0.6) is 0 Å². The molecule has 29 heavy (non-hydrogen) atoms. The molecule has 0 spiro atoms. The normalized spacial score (nSPS) is 11.8. The lowest BCUT2D eigenvalue weighted by Gasteiger charge is -2.13. The number of nitrogens with zero attached hydrogens (tertiary/aromatic N) is 6. The third-order valence-corrected chi connectivity index (χ3v) is 4.45. The summed E-state index contributed by atoms with van der Waals surface area (Å²) < 4.78 is 3.49. The van der Waals surface area contributed by atoms with E-state index in [9.17, 15) is 4.79 Å². The number of nitrogens with one attached hydrogen (secondary N) is 2. The fraction of sp³-hybridized carbons (Fsp3) is 0.150. The van der Waals surface area contributed by atoms with Crippen molar-refractivity contribution in [2.75, 3.05) is 10.6 Å². The number of rotatable bonds is 6. The molecule has 0 unspecified atom stereocenters. The molecule has 1 amide bonds. The second kappa shape index (κ2) is 7.93. The van der Waals surface area contributed by atoms with Crippen molar-refractivity contribution in [3.05, 3.63) is 73.3 Å². The Morgan fingerprint density at radius 1 is 1.03 bits per heavy atom. The van der Waals surface area contributed by atoms with Gasteiger partial charge in [-0.2, -0.15) is 5.10 Å². The summed E-state index contributed by atoms with van der Waals surface area (Å²) in [6.07, 6.45) is 8.49. The number of amides is 1. The van der Waals surface area contributed by atoms with Crippen molar-refractivity contribution in [1.29, 1.82) is 0 Å². The minimum absolute atomic E-state index is 0.134. The highest BCUT2D eigenvalue weighted by molar-refractivity contribution is 5.93. The summed E-state index contributed by atoms with van der Waals surface area (Å²) in [5.41, 5.74) is 1.55. The predicted octanol–water partition coefficient (Wildman–Crippen LogP) is 3.11. The molecule has 0 aliphatic carbocycles. The molecule has 9 heteroatoms. The molecule has 0 radical (unpaired) electrons. The molecule has 0 saturated heterocycles. The van der Waals surface area contributed by atoms with E-state index in [1.165, 1.54) is 6.33 Å². The zero-order valence-electron chi connectivity index (χ0n) is 16.0. The Kier molecular flexibility index (Phi) is 5.02. The van der Waals surface area contributed by atoms with Gasteiger partial charge >= 0.3 is 0 Å². The maximum Gasteiger partial charge on any atom is 0.248 e. The maximum absolute atomic E-state index is 12.4. The second-order valence-electron chi connectivity index (χ2n) is 6.46. The monoisotopic (exact) mass is 388 g/mol. The predicted molar refractivity (Wildman–Crippen MR) is 109 cm³/mol. The zero-order chi connectivity index (χ0) is 20.2. The molecule has 0 aliphatic heterocycles. The SMILES string of the molecule is Cc1nccn1-c1cc(Nc2ccc(NC(=O)[C@H](C)n3cccn3)cc2)ncn1. The van der Waals surface area contributed by atoms with Crippen LogP contribution < -0.4 is 10.6 Å². The molecular weight excluding hydrogens is 368 g/mol. The number of hydrogen-bond donors (Lipinski definition) is 2. The smallest absolute Gasteiger partial charge is 0.248 e. The average molecular weight is 388 g/mol. The van der Waals surface area contributed by atoms with Crippen LogP contribution in [0.1, 0.15) is 18.8 Å². The van der Waals surface area contributed by atoms with Gasteiger partial charge in [0.15, 0.2) is 0 Å². The fourth-order valence-corrected chi connectivity index (χ4v) is 2.83. The van der Waals surface area contributed by atoms with Crippen molar-refractivity contribution < 1.29 is 4.79 Å². The van der Waals surface area contributed by atoms with E-state index in [-0.39, 0.29) is 5.91 Å². The Balaban J connectivity index is 1.42. The molecule has 4 rings (SSSR count). The van der Waals surface area contributed by atoms with Gasteiger partial charge in [0.1, 0.15) is 29.8 Å². The number of anilines is 3. The number of hydrogen-bond acceptors (Lipinski definition) is 6. The van der Waals surface area contributed by atoms with Crippen LogP contribution in [0.4, 0.5) is 17.2 Å². The van der Waals surface area contributed by atoms with E-state index in [1.807, 2.05) is 48.0 Å². The Bertz CT molecular complexity index is 1100. The second-order valence-corrected chi connectivity index (χ2v) is 6.46. The van der Waals surface area contributed by atoms with Gasteiger partial charge < -0.3 is 10.6 Å². The quantitative estimate of drug-likeness (QED) is 0.526. The summed E-state index contributed by atoms with van der Waals surface area (Å²) in [7, 11) is 0. The van der Waals surface area contributed by atoms with Crippen LogP contribution in [0, 0.1) is 6.92 Å². The van der Waals surface area contributed by atoms with E-state index in [0.29, 0.717) is 11.5 Å². The fourth-order valence-electron chi connectivity index (χ4n) is 2.83. The summed E-state index contributed by atoms with van der Waals surface area (Å²) in [5, 5.41) is 10.2. The van der Waals surface area contributed by atoms with Gasteiger partial charge in [0.05, 0.1) is 0 Å².